The highest BCUT2D eigenvalue weighted by Crippen LogP contribution is 2.39. The third-order valence-electron chi connectivity index (χ3n) is 6.87. The Morgan fingerprint density at radius 2 is 1.97 bits per heavy atom. The summed E-state index contributed by atoms with van der Waals surface area (Å²) in [5, 5.41) is 1.01. The maximum absolute atomic E-state index is 13.1. The van der Waals surface area contributed by atoms with E-state index in [1.54, 1.807) is 6.20 Å². The van der Waals surface area contributed by atoms with Crippen molar-refractivity contribution in [1.29, 1.82) is 0 Å². The molecule has 1 saturated carbocycles. The highest BCUT2D eigenvalue weighted by molar-refractivity contribution is 6.76. The van der Waals surface area contributed by atoms with Crippen LogP contribution in [-0.4, -0.2) is 60.6 Å². The molecule has 32 heavy (non-hydrogen) atoms. The van der Waals surface area contributed by atoms with Crippen LogP contribution in [0.2, 0.25) is 25.7 Å². The number of fused-ring (bicyclic) bond motifs is 3. The Hall–Kier alpha value is -2.19. The fourth-order valence-corrected chi connectivity index (χ4v) is 5.57. The minimum atomic E-state index is -1.13. The van der Waals surface area contributed by atoms with Crippen LogP contribution in [0.1, 0.15) is 43.0 Å². The number of anilines is 1. The largest absolute Gasteiger partial charge is 0.361 e. The first-order valence-corrected chi connectivity index (χ1v) is 15.6. The van der Waals surface area contributed by atoms with Gasteiger partial charge in [-0.2, -0.15) is 0 Å². The summed E-state index contributed by atoms with van der Waals surface area (Å²) in [6.07, 6.45) is 8.64. The fourth-order valence-electron chi connectivity index (χ4n) is 4.82. The molecule has 1 aliphatic heterocycles. The van der Waals surface area contributed by atoms with E-state index in [1.807, 2.05) is 22.6 Å². The topological polar surface area (TPSA) is 67.7 Å². The number of rotatable bonds is 8. The minimum Gasteiger partial charge on any atom is -0.361 e. The second-order valence-corrected chi connectivity index (χ2v) is 16.0. The number of hydrogen-bond donors (Lipinski definition) is 0. The van der Waals surface area contributed by atoms with E-state index < -0.39 is 8.07 Å². The molecule has 0 spiro atoms. The molecular weight excluding hydrogens is 420 g/mol. The normalized spacial score (nSPS) is 21.8. The molecule has 8 heteroatoms. The number of carbonyl (C=O) groups excluding carboxylic acids is 2. The number of nitrogens with zero attached hydrogens (tertiary/aromatic N) is 4. The van der Waals surface area contributed by atoms with Crippen LogP contribution < -0.4 is 4.90 Å². The predicted octanol–water partition coefficient (Wildman–Crippen LogP) is 4.35. The number of pyridine rings is 1. The van der Waals surface area contributed by atoms with Crippen LogP contribution in [0.15, 0.2) is 18.5 Å². The van der Waals surface area contributed by atoms with E-state index in [2.05, 4.69) is 35.6 Å². The first-order chi connectivity index (χ1) is 15.3. The highest BCUT2D eigenvalue weighted by atomic mass is 28.3. The molecule has 1 amide bonds. The molecule has 0 unspecified atom stereocenters. The fraction of sp³-hybridized carbons (Fsp3) is 0.625. The third kappa shape index (κ3) is 4.61. The molecule has 0 radical (unpaired) electrons. The maximum atomic E-state index is 13.1. The van der Waals surface area contributed by atoms with E-state index in [-0.39, 0.29) is 11.8 Å². The van der Waals surface area contributed by atoms with E-state index in [1.165, 1.54) is 0 Å². The lowest BCUT2D eigenvalue weighted by atomic mass is 9.85. The van der Waals surface area contributed by atoms with Crippen LogP contribution in [0, 0.1) is 5.92 Å². The van der Waals surface area contributed by atoms with Crippen LogP contribution in [0.4, 0.5) is 5.69 Å². The summed E-state index contributed by atoms with van der Waals surface area (Å²) in [7, 11) is -1.13. The monoisotopic (exact) mass is 456 g/mol. The number of aromatic nitrogens is 2. The Morgan fingerprint density at radius 1 is 1.22 bits per heavy atom. The van der Waals surface area contributed by atoms with E-state index in [0.717, 1.165) is 61.3 Å². The lowest BCUT2D eigenvalue weighted by molar-refractivity contribution is -0.111. The molecule has 0 N–H and O–H groups in total. The van der Waals surface area contributed by atoms with Crippen molar-refractivity contribution in [3.8, 4) is 0 Å². The first kappa shape index (κ1) is 23.0. The van der Waals surface area contributed by atoms with Gasteiger partial charge in [-0.25, -0.2) is 4.98 Å². The van der Waals surface area contributed by atoms with Gasteiger partial charge in [0.25, 0.3) is 5.91 Å². The first-order valence-electron chi connectivity index (χ1n) is 11.9. The van der Waals surface area contributed by atoms with Gasteiger partial charge < -0.3 is 23.9 Å². The van der Waals surface area contributed by atoms with Crippen LogP contribution in [0.25, 0.3) is 11.0 Å². The van der Waals surface area contributed by atoms with Gasteiger partial charge in [0.1, 0.15) is 18.7 Å². The summed E-state index contributed by atoms with van der Waals surface area (Å²) < 4.78 is 8.00. The summed E-state index contributed by atoms with van der Waals surface area (Å²) in [6, 6.07) is 3.53. The number of hydrogen-bond acceptors (Lipinski definition) is 5. The second kappa shape index (κ2) is 9.35. The van der Waals surface area contributed by atoms with Gasteiger partial charge in [-0.3, -0.25) is 4.79 Å². The third-order valence-corrected chi connectivity index (χ3v) is 8.58. The quantitative estimate of drug-likeness (QED) is 0.336. The summed E-state index contributed by atoms with van der Waals surface area (Å²) in [4.78, 5) is 33.3. The van der Waals surface area contributed by atoms with Crippen molar-refractivity contribution < 1.29 is 14.3 Å². The van der Waals surface area contributed by atoms with Gasteiger partial charge in [0.05, 0.1) is 17.9 Å². The van der Waals surface area contributed by atoms with Crippen molar-refractivity contribution in [2.75, 3.05) is 24.7 Å². The van der Waals surface area contributed by atoms with Gasteiger partial charge in [-0.15, -0.1) is 0 Å². The van der Waals surface area contributed by atoms with E-state index in [9.17, 15) is 9.59 Å². The molecule has 0 atom stereocenters. The van der Waals surface area contributed by atoms with Crippen molar-refractivity contribution >= 4 is 37.0 Å². The Morgan fingerprint density at radius 3 is 2.62 bits per heavy atom. The molecular formula is C24H36N4O3Si. The average Bonchev–Trinajstić information content (AvgIpc) is 3.20. The molecule has 0 bridgehead atoms. The standard InChI is InChI=1S/C24H36N4O3Si/c1-5-26-16-28(19-8-6-18(15-29)7-9-19)22-20-10-11-27(17-31-12-13-32(2,3)4)23(20)25-14-21(22)24(26)30/h10-11,14-15,18-19H,5-9,12-13,16-17H2,1-4H3/t18-,19-. The molecule has 7 nitrogen and oxygen atoms in total. The van der Waals surface area contributed by atoms with Crippen LogP contribution in [0.5, 0.6) is 0 Å². The molecule has 3 heterocycles. The van der Waals surface area contributed by atoms with Crippen molar-refractivity contribution in [2.45, 2.75) is 71.1 Å². The SMILES string of the molecule is CCN1CN([C@H]2CC[C@H](C=O)CC2)c2c(cnc3c2ccn3COCC[Si](C)(C)C)C1=O. The Bertz CT molecular complexity index is 976. The van der Waals surface area contributed by atoms with Gasteiger partial charge in [-0.05, 0) is 44.7 Å². The smallest absolute Gasteiger partial charge is 0.258 e. The molecule has 0 aromatic carbocycles. The van der Waals surface area contributed by atoms with Crippen LogP contribution >= 0.6 is 0 Å². The van der Waals surface area contributed by atoms with Gasteiger partial charge in [0.2, 0.25) is 0 Å². The van der Waals surface area contributed by atoms with Gasteiger partial charge in [0, 0.05) is 51.0 Å². The number of carbonyl (C=O) groups is 2. The minimum absolute atomic E-state index is 0.0499. The number of amides is 1. The van der Waals surface area contributed by atoms with Gasteiger partial charge in [0.15, 0.2) is 0 Å². The average molecular weight is 457 g/mol. The molecule has 2 aromatic heterocycles. The summed E-state index contributed by atoms with van der Waals surface area (Å²) in [5.41, 5.74) is 2.54. The molecule has 174 valence electrons. The van der Waals surface area contributed by atoms with Crippen LogP contribution in [-0.2, 0) is 16.3 Å². The predicted molar refractivity (Wildman–Crippen MR) is 130 cm³/mol. The lowest BCUT2D eigenvalue weighted by Gasteiger charge is -2.44. The van der Waals surface area contributed by atoms with Crippen molar-refractivity contribution in [3.05, 3.63) is 24.0 Å². The van der Waals surface area contributed by atoms with Gasteiger partial charge in [-0.1, -0.05) is 19.6 Å². The Balaban J connectivity index is 1.63. The molecule has 4 rings (SSSR count). The summed E-state index contributed by atoms with van der Waals surface area (Å²) in [6.45, 7) is 11.6. The zero-order valence-corrected chi connectivity index (χ0v) is 20.8. The number of aldehydes is 1. The highest BCUT2D eigenvalue weighted by Gasteiger charge is 2.36. The molecule has 0 saturated heterocycles. The van der Waals surface area contributed by atoms with Crippen molar-refractivity contribution in [2.24, 2.45) is 5.92 Å². The zero-order chi connectivity index (χ0) is 22.9. The number of ether oxygens (including phenoxy) is 1. The zero-order valence-electron chi connectivity index (χ0n) is 19.8. The maximum Gasteiger partial charge on any atom is 0.258 e. The molecule has 2 aromatic rings. The molecule has 1 aliphatic carbocycles. The lowest BCUT2D eigenvalue weighted by Crippen LogP contribution is -2.51. The molecule has 2 aliphatic rings. The Kier molecular flexibility index (Phi) is 6.72. The summed E-state index contributed by atoms with van der Waals surface area (Å²) >= 11 is 0. The van der Waals surface area contributed by atoms with E-state index in [0.29, 0.717) is 31.5 Å². The van der Waals surface area contributed by atoms with Crippen LogP contribution in [0.3, 0.4) is 0 Å². The van der Waals surface area contributed by atoms with Gasteiger partial charge >= 0.3 is 0 Å². The van der Waals surface area contributed by atoms with Crippen molar-refractivity contribution in [1.82, 2.24) is 14.5 Å². The Labute approximate surface area is 191 Å². The summed E-state index contributed by atoms with van der Waals surface area (Å²) in [5.74, 6) is 0.222. The molecule has 1 fully saturated rings. The van der Waals surface area contributed by atoms with E-state index >= 15 is 0 Å². The van der Waals surface area contributed by atoms with E-state index in [4.69, 9.17) is 4.74 Å². The van der Waals surface area contributed by atoms with Crippen molar-refractivity contribution in [3.63, 3.8) is 0 Å². The second-order valence-electron chi connectivity index (χ2n) is 10.4.